The van der Waals surface area contributed by atoms with Gasteiger partial charge in [0.2, 0.25) is 0 Å². The Balaban J connectivity index is 1.66. The van der Waals surface area contributed by atoms with Crippen LogP contribution in [0.15, 0.2) is 42.5 Å². The van der Waals surface area contributed by atoms with Gasteiger partial charge in [-0.2, -0.15) is 0 Å². The number of carbonyl (C=O) groups excluding carboxylic acids is 1. The normalized spacial score (nSPS) is 16.8. The molecule has 2 aromatic rings. The molecule has 2 aromatic carbocycles. The van der Waals surface area contributed by atoms with Crippen molar-refractivity contribution >= 4 is 28.9 Å². The van der Waals surface area contributed by atoms with E-state index < -0.39 is 0 Å². The van der Waals surface area contributed by atoms with Gasteiger partial charge in [-0.25, -0.2) is 0 Å². The second kappa shape index (κ2) is 7.76. The quantitative estimate of drug-likeness (QED) is 0.880. The maximum atomic E-state index is 12.4. The van der Waals surface area contributed by atoms with Crippen LogP contribution in [-0.2, 0) is 4.74 Å². The van der Waals surface area contributed by atoms with Crippen LogP contribution in [0.1, 0.15) is 16.8 Å². The fourth-order valence-corrected chi connectivity index (χ4v) is 3.18. The van der Waals surface area contributed by atoms with Crippen molar-refractivity contribution in [2.45, 2.75) is 12.5 Å². The predicted octanol–water partition coefficient (Wildman–Crippen LogP) is 3.83. The van der Waals surface area contributed by atoms with Crippen LogP contribution in [0.2, 0.25) is 5.02 Å². The number of benzene rings is 2. The lowest BCUT2D eigenvalue weighted by Crippen LogP contribution is -2.22. The Morgan fingerprint density at radius 3 is 2.56 bits per heavy atom. The molecule has 25 heavy (non-hydrogen) atoms. The van der Waals surface area contributed by atoms with Crippen LogP contribution < -0.4 is 15.0 Å². The van der Waals surface area contributed by atoms with Gasteiger partial charge in [-0.3, -0.25) is 4.79 Å². The number of rotatable bonds is 5. The molecule has 1 N–H and O–H groups in total. The Labute approximate surface area is 152 Å². The van der Waals surface area contributed by atoms with E-state index >= 15 is 0 Å². The summed E-state index contributed by atoms with van der Waals surface area (Å²) in [5.74, 6) is 0.396. The van der Waals surface area contributed by atoms with Crippen LogP contribution in [0.4, 0.5) is 11.4 Å². The molecule has 6 heteroatoms. The van der Waals surface area contributed by atoms with Gasteiger partial charge in [-0.1, -0.05) is 11.6 Å². The Morgan fingerprint density at radius 1 is 1.20 bits per heavy atom. The molecule has 3 rings (SSSR count). The van der Waals surface area contributed by atoms with E-state index in [0.29, 0.717) is 22.0 Å². The molecule has 132 valence electrons. The van der Waals surface area contributed by atoms with Gasteiger partial charge in [-0.15, -0.1) is 0 Å². The van der Waals surface area contributed by atoms with Crippen LogP contribution >= 0.6 is 11.6 Å². The number of nitrogens with zero attached hydrogens (tertiary/aromatic N) is 1. The molecular weight excluding hydrogens is 340 g/mol. The molecule has 5 nitrogen and oxygen atoms in total. The van der Waals surface area contributed by atoms with Crippen molar-refractivity contribution in [2.75, 3.05) is 37.5 Å². The number of methoxy groups -OCH3 is 2. The van der Waals surface area contributed by atoms with Crippen molar-refractivity contribution in [3.05, 3.63) is 53.1 Å². The Kier molecular flexibility index (Phi) is 5.46. The molecule has 0 spiro atoms. The first-order chi connectivity index (χ1) is 12.1. The number of hydrogen-bond acceptors (Lipinski definition) is 4. The maximum Gasteiger partial charge on any atom is 0.255 e. The summed E-state index contributed by atoms with van der Waals surface area (Å²) >= 11 is 6.08. The first-order valence-corrected chi connectivity index (χ1v) is 8.51. The van der Waals surface area contributed by atoms with Crippen LogP contribution in [0.5, 0.6) is 5.75 Å². The van der Waals surface area contributed by atoms with Gasteiger partial charge in [0.25, 0.3) is 5.91 Å². The topological polar surface area (TPSA) is 50.8 Å². The SMILES string of the molecule is COc1ccc(NC(=O)c2ccc(N3CC[C@H](OC)C3)cc2)cc1Cl. The smallest absolute Gasteiger partial charge is 0.255 e. The number of anilines is 2. The molecule has 0 bridgehead atoms. The third kappa shape index (κ3) is 4.06. The van der Waals surface area contributed by atoms with Gasteiger partial charge < -0.3 is 19.7 Å². The lowest BCUT2D eigenvalue weighted by molar-refractivity contribution is 0.102. The van der Waals surface area contributed by atoms with E-state index in [0.717, 1.165) is 25.2 Å². The van der Waals surface area contributed by atoms with Gasteiger partial charge in [0, 0.05) is 37.1 Å². The molecule has 1 aliphatic rings. The minimum atomic E-state index is -0.177. The maximum absolute atomic E-state index is 12.4. The third-order valence-electron chi connectivity index (χ3n) is 4.38. The molecule has 1 fully saturated rings. The van der Waals surface area contributed by atoms with E-state index in [2.05, 4.69) is 10.2 Å². The fraction of sp³-hybridized carbons (Fsp3) is 0.316. The molecule has 1 heterocycles. The Bertz CT molecular complexity index is 749. The Morgan fingerprint density at radius 2 is 1.96 bits per heavy atom. The minimum absolute atomic E-state index is 0.177. The monoisotopic (exact) mass is 360 g/mol. The van der Waals surface area contributed by atoms with E-state index in [1.165, 1.54) is 0 Å². The van der Waals surface area contributed by atoms with Gasteiger partial charge in [0.15, 0.2) is 0 Å². The van der Waals surface area contributed by atoms with Crippen molar-refractivity contribution < 1.29 is 14.3 Å². The van der Waals surface area contributed by atoms with Crippen molar-refractivity contribution in [1.29, 1.82) is 0 Å². The van der Waals surface area contributed by atoms with Crippen molar-refractivity contribution in [3.8, 4) is 5.75 Å². The number of hydrogen-bond donors (Lipinski definition) is 1. The van der Waals surface area contributed by atoms with Crippen LogP contribution in [0.3, 0.4) is 0 Å². The first-order valence-electron chi connectivity index (χ1n) is 8.13. The summed E-state index contributed by atoms with van der Waals surface area (Å²) in [5.41, 5.74) is 2.32. The number of amides is 1. The molecule has 0 unspecified atom stereocenters. The predicted molar refractivity (Wildman–Crippen MR) is 100 cm³/mol. The minimum Gasteiger partial charge on any atom is -0.495 e. The largest absolute Gasteiger partial charge is 0.495 e. The van der Waals surface area contributed by atoms with Gasteiger partial charge in [0.1, 0.15) is 5.75 Å². The molecule has 1 saturated heterocycles. The highest BCUT2D eigenvalue weighted by Gasteiger charge is 2.22. The lowest BCUT2D eigenvalue weighted by atomic mass is 10.1. The van der Waals surface area contributed by atoms with Crippen molar-refractivity contribution in [1.82, 2.24) is 0 Å². The molecule has 0 radical (unpaired) electrons. The van der Waals surface area contributed by atoms with Crippen molar-refractivity contribution in [2.24, 2.45) is 0 Å². The highest BCUT2D eigenvalue weighted by Crippen LogP contribution is 2.27. The molecule has 1 amide bonds. The summed E-state index contributed by atoms with van der Waals surface area (Å²) in [7, 11) is 3.29. The molecular formula is C19H21ClN2O3. The number of ether oxygens (including phenoxy) is 2. The summed E-state index contributed by atoms with van der Waals surface area (Å²) in [6.07, 6.45) is 1.31. The standard InChI is InChI=1S/C19H21ClN2O3/c1-24-16-9-10-22(12-16)15-6-3-13(4-7-15)19(23)21-14-5-8-18(25-2)17(20)11-14/h3-8,11,16H,9-10,12H2,1-2H3,(H,21,23)/t16-/m0/s1. The van der Waals surface area contributed by atoms with E-state index in [1.54, 1.807) is 32.4 Å². The van der Waals surface area contributed by atoms with Gasteiger partial charge in [0.05, 0.1) is 18.2 Å². The van der Waals surface area contributed by atoms with Crippen LogP contribution in [0.25, 0.3) is 0 Å². The number of halogens is 1. The average Bonchev–Trinajstić information content (AvgIpc) is 3.11. The molecule has 0 aliphatic carbocycles. The van der Waals surface area contributed by atoms with E-state index in [4.69, 9.17) is 21.1 Å². The van der Waals surface area contributed by atoms with E-state index in [-0.39, 0.29) is 12.0 Å². The fourth-order valence-electron chi connectivity index (χ4n) is 2.93. The molecule has 1 atom stereocenters. The van der Waals surface area contributed by atoms with Crippen LogP contribution in [-0.4, -0.2) is 39.3 Å². The van der Waals surface area contributed by atoms with E-state index in [9.17, 15) is 4.79 Å². The summed E-state index contributed by atoms with van der Waals surface area (Å²) in [4.78, 5) is 14.7. The highest BCUT2D eigenvalue weighted by molar-refractivity contribution is 6.32. The molecule has 0 saturated carbocycles. The lowest BCUT2D eigenvalue weighted by Gasteiger charge is -2.18. The van der Waals surface area contributed by atoms with Gasteiger partial charge in [-0.05, 0) is 48.9 Å². The third-order valence-corrected chi connectivity index (χ3v) is 4.68. The summed E-state index contributed by atoms with van der Waals surface area (Å²) in [6.45, 7) is 1.85. The summed E-state index contributed by atoms with van der Waals surface area (Å²) in [5, 5.41) is 3.30. The highest BCUT2D eigenvalue weighted by atomic mass is 35.5. The van der Waals surface area contributed by atoms with Gasteiger partial charge >= 0.3 is 0 Å². The zero-order valence-corrected chi connectivity index (χ0v) is 15.0. The zero-order chi connectivity index (χ0) is 17.8. The molecule has 1 aliphatic heterocycles. The number of carbonyl (C=O) groups is 1. The second-order valence-corrected chi connectivity index (χ2v) is 6.35. The van der Waals surface area contributed by atoms with Crippen molar-refractivity contribution in [3.63, 3.8) is 0 Å². The first kappa shape index (κ1) is 17.6. The summed E-state index contributed by atoms with van der Waals surface area (Å²) in [6, 6.07) is 12.7. The zero-order valence-electron chi connectivity index (χ0n) is 14.3. The average molecular weight is 361 g/mol. The molecule has 0 aromatic heterocycles. The van der Waals surface area contributed by atoms with Crippen LogP contribution in [0, 0.1) is 0 Å². The summed E-state index contributed by atoms with van der Waals surface area (Å²) < 4.78 is 10.5. The van der Waals surface area contributed by atoms with E-state index in [1.807, 2.05) is 24.3 Å². The second-order valence-electron chi connectivity index (χ2n) is 5.94. The Hall–Kier alpha value is -2.24. The number of nitrogens with one attached hydrogen (secondary N) is 1.